The Kier molecular flexibility index (Phi) is 3.05. The number of nitrogens with one attached hydrogen (secondary N) is 1. The lowest BCUT2D eigenvalue weighted by atomic mass is 9.91. The van der Waals surface area contributed by atoms with Gasteiger partial charge in [-0.1, -0.05) is 0 Å². The molecule has 1 aliphatic rings. The third kappa shape index (κ3) is 1.95. The second-order valence-electron chi connectivity index (χ2n) is 3.56. The van der Waals surface area contributed by atoms with Gasteiger partial charge in [0, 0.05) is 12.0 Å². The van der Waals surface area contributed by atoms with Gasteiger partial charge in [-0.05, 0) is 33.4 Å². The van der Waals surface area contributed by atoms with Gasteiger partial charge in [0.15, 0.2) is 0 Å². The number of amides is 1. The van der Waals surface area contributed by atoms with Gasteiger partial charge in [-0.15, -0.1) is 0 Å². The van der Waals surface area contributed by atoms with Crippen LogP contribution in [0.25, 0.3) is 0 Å². The number of likely N-dealkylation sites (tertiary alicyclic amines) is 1. The van der Waals surface area contributed by atoms with Gasteiger partial charge < -0.3 is 4.90 Å². The first-order valence-electron chi connectivity index (χ1n) is 4.36. The zero-order chi connectivity index (χ0) is 9.14. The highest BCUT2D eigenvalue weighted by Gasteiger charge is 2.27. The summed E-state index contributed by atoms with van der Waals surface area (Å²) in [5.74, 6) is 5.16. The molecule has 1 heterocycles. The van der Waals surface area contributed by atoms with E-state index in [2.05, 4.69) is 24.3 Å². The van der Waals surface area contributed by atoms with Crippen LogP contribution in [0.2, 0.25) is 0 Å². The van der Waals surface area contributed by atoms with Crippen LogP contribution in [-0.2, 0) is 4.79 Å². The Balaban J connectivity index is 2.45. The fraction of sp³-hybridized carbons (Fsp3) is 0.875. The van der Waals surface area contributed by atoms with Crippen molar-refractivity contribution in [3.05, 3.63) is 0 Å². The molecule has 0 aliphatic carbocycles. The van der Waals surface area contributed by atoms with Crippen LogP contribution < -0.4 is 11.3 Å². The molecular formula is C8H17N3O. The van der Waals surface area contributed by atoms with Crippen molar-refractivity contribution in [1.82, 2.24) is 10.3 Å². The molecule has 0 aromatic carbocycles. The maximum atomic E-state index is 11.2. The van der Waals surface area contributed by atoms with Gasteiger partial charge in [-0.2, -0.15) is 0 Å². The molecule has 4 nitrogen and oxygen atoms in total. The second kappa shape index (κ2) is 3.87. The van der Waals surface area contributed by atoms with Gasteiger partial charge in [0.1, 0.15) is 0 Å². The zero-order valence-electron chi connectivity index (χ0n) is 7.71. The molecule has 0 radical (unpaired) electrons. The molecule has 0 spiro atoms. The second-order valence-corrected chi connectivity index (χ2v) is 3.56. The summed E-state index contributed by atoms with van der Waals surface area (Å²) >= 11 is 0. The van der Waals surface area contributed by atoms with Crippen molar-refractivity contribution in [3.8, 4) is 0 Å². The molecule has 1 aliphatic heterocycles. The molecule has 1 amide bonds. The summed E-state index contributed by atoms with van der Waals surface area (Å²) in [6, 6.07) is 0.487. The van der Waals surface area contributed by atoms with Crippen LogP contribution in [-0.4, -0.2) is 30.4 Å². The predicted molar refractivity (Wildman–Crippen MR) is 47.1 cm³/mol. The lowest BCUT2D eigenvalue weighted by Crippen LogP contribution is -2.45. The van der Waals surface area contributed by atoms with E-state index in [1.165, 1.54) is 0 Å². The predicted octanol–water partition coefficient (Wildman–Crippen LogP) is -0.293. The molecule has 1 fully saturated rings. The molecule has 0 aromatic heterocycles. The summed E-state index contributed by atoms with van der Waals surface area (Å²) in [6.45, 7) is 3.12. The van der Waals surface area contributed by atoms with Crippen molar-refractivity contribution in [2.75, 3.05) is 13.6 Å². The highest BCUT2D eigenvalue weighted by molar-refractivity contribution is 5.78. The fourth-order valence-electron chi connectivity index (χ4n) is 1.65. The maximum absolute atomic E-state index is 11.2. The lowest BCUT2D eigenvalue weighted by molar-refractivity contribution is -0.127. The average Bonchev–Trinajstić information content (AvgIpc) is 2.08. The summed E-state index contributed by atoms with van der Waals surface area (Å²) in [6.07, 6.45) is 1.84. The fourth-order valence-corrected chi connectivity index (χ4v) is 1.65. The van der Waals surface area contributed by atoms with Crippen LogP contribution in [0.5, 0.6) is 0 Å². The smallest absolute Gasteiger partial charge is 0.237 e. The first-order valence-corrected chi connectivity index (χ1v) is 4.36. The number of hydrogen-bond acceptors (Lipinski definition) is 3. The summed E-state index contributed by atoms with van der Waals surface area (Å²) in [7, 11) is 2.08. The Bertz CT molecular complexity index is 172. The van der Waals surface area contributed by atoms with Gasteiger partial charge >= 0.3 is 0 Å². The Hall–Kier alpha value is -0.610. The third-order valence-corrected chi connectivity index (χ3v) is 2.72. The van der Waals surface area contributed by atoms with Crippen molar-refractivity contribution in [2.24, 2.45) is 11.8 Å². The van der Waals surface area contributed by atoms with Crippen LogP contribution in [0.15, 0.2) is 0 Å². The Morgan fingerprint density at radius 1 is 1.67 bits per heavy atom. The Labute approximate surface area is 73.1 Å². The minimum Gasteiger partial charge on any atom is -0.304 e. The van der Waals surface area contributed by atoms with Crippen LogP contribution >= 0.6 is 0 Å². The molecule has 1 rings (SSSR count). The van der Waals surface area contributed by atoms with Crippen molar-refractivity contribution < 1.29 is 4.79 Å². The van der Waals surface area contributed by atoms with E-state index in [9.17, 15) is 4.79 Å². The minimum absolute atomic E-state index is 0.0186. The number of piperidine rings is 1. The van der Waals surface area contributed by atoms with E-state index in [0.717, 1.165) is 19.4 Å². The molecule has 3 N–H and O–H groups in total. The molecule has 1 saturated heterocycles. The summed E-state index contributed by atoms with van der Waals surface area (Å²) in [4.78, 5) is 13.4. The SMILES string of the molecule is CC1CC(C(=O)NN)CCN1C. The molecule has 12 heavy (non-hydrogen) atoms. The minimum atomic E-state index is -0.0186. The van der Waals surface area contributed by atoms with Gasteiger partial charge in [-0.3, -0.25) is 10.2 Å². The van der Waals surface area contributed by atoms with Crippen molar-refractivity contribution in [3.63, 3.8) is 0 Å². The number of hydrogen-bond donors (Lipinski definition) is 2. The largest absolute Gasteiger partial charge is 0.304 e. The number of nitrogens with zero attached hydrogens (tertiary/aromatic N) is 1. The number of rotatable bonds is 1. The maximum Gasteiger partial charge on any atom is 0.237 e. The van der Waals surface area contributed by atoms with Gasteiger partial charge in [0.25, 0.3) is 0 Å². The number of carbonyl (C=O) groups is 1. The van der Waals surface area contributed by atoms with E-state index in [1.807, 2.05) is 0 Å². The molecule has 0 aromatic rings. The van der Waals surface area contributed by atoms with Crippen LogP contribution in [0, 0.1) is 5.92 Å². The van der Waals surface area contributed by atoms with Crippen LogP contribution in [0.3, 0.4) is 0 Å². The Morgan fingerprint density at radius 3 is 2.83 bits per heavy atom. The van der Waals surface area contributed by atoms with Crippen molar-refractivity contribution in [2.45, 2.75) is 25.8 Å². The molecule has 0 bridgehead atoms. The first-order chi connectivity index (χ1) is 5.65. The van der Waals surface area contributed by atoms with Gasteiger partial charge in [0.05, 0.1) is 0 Å². The molecular weight excluding hydrogens is 154 g/mol. The molecule has 4 heteroatoms. The zero-order valence-corrected chi connectivity index (χ0v) is 7.71. The first kappa shape index (κ1) is 9.48. The molecule has 2 unspecified atom stereocenters. The normalized spacial score (nSPS) is 31.6. The Morgan fingerprint density at radius 2 is 2.33 bits per heavy atom. The third-order valence-electron chi connectivity index (χ3n) is 2.72. The topological polar surface area (TPSA) is 58.4 Å². The van der Waals surface area contributed by atoms with E-state index < -0.39 is 0 Å². The van der Waals surface area contributed by atoms with E-state index in [-0.39, 0.29) is 11.8 Å². The van der Waals surface area contributed by atoms with Crippen LogP contribution in [0.1, 0.15) is 19.8 Å². The van der Waals surface area contributed by atoms with E-state index >= 15 is 0 Å². The van der Waals surface area contributed by atoms with Crippen molar-refractivity contribution in [1.29, 1.82) is 0 Å². The number of nitrogens with two attached hydrogens (primary N) is 1. The summed E-state index contributed by atoms with van der Waals surface area (Å²) < 4.78 is 0. The highest BCUT2D eigenvalue weighted by atomic mass is 16.2. The summed E-state index contributed by atoms with van der Waals surface area (Å²) in [5, 5.41) is 0. The van der Waals surface area contributed by atoms with E-state index in [0.29, 0.717) is 6.04 Å². The quantitative estimate of drug-likeness (QED) is 0.324. The van der Waals surface area contributed by atoms with E-state index in [1.54, 1.807) is 0 Å². The van der Waals surface area contributed by atoms with Crippen molar-refractivity contribution >= 4 is 5.91 Å². The number of carbonyl (C=O) groups excluding carboxylic acids is 1. The standard InChI is InChI=1S/C8H17N3O/c1-6-5-7(8(12)10-9)3-4-11(6)2/h6-7H,3-5,9H2,1-2H3,(H,10,12). The molecule has 0 saturated carbocycles. The van der Waals surface area contributed by atoms with Gasteiger partial charge in [-0.25, -0.2) is 5.84 Å². The highest BCUT2D eigenvalue weighted by Crippen LogP contribution is 2.20. The lowest BCUT2D eigenvalue weighted by Gasteiger charge is -2.33. The van der Waals surface area contributed by atoms with Gasteiger partial charge in [0.2, 0.25) is 5.91 Å². The van der Waals surface area contributed by atoms with E-state index in [4.69, 9.17) is 5.84 Å². The summed E-state index contributed by atoms with van der Waals surface area (Å²) in [5.41, 5.74) is 2.21. The number of hydrazine groups is 1. The molecule has 2 atom stereocenters. The molecule has 70 valence electrons. The average molecular weight is 171 g/mol. The monoisotopic (exact) mass is 171 g/mol. The van der Waals surface area contributed by atoms with Crippen LogP contribution in [0.4, 0.5) is 0 Å².